The quantitative estimate of drug-likeness (QED) is 0.247. The molecule has 0 unspecified atom stereocenters. The van der Waals surface area contributed by atoms with Crippen molar-refractivity contribution < 1.29 is 13.6 Å². The van der Waals surface area contributed by atoms with Gasteiger partial charge in [0.2, 0.25) is 5.96 Å². The van der Waals surface area contributed by atoms with Crippen LogP contribution in [0.15, 0.2) is 51.1 Å². The maximum atomic E-state index is 13.7. The van der Waals surface area contributed by atoms with Gasteiger partial charge in [0.1, 0.15) is 12.3 Å². The molecule has 0 spiro atoms. The van der Waals surface area contributed by atoms with Crippen molar-refractivity contribution in [3.63, 3.8) is 0 Å². The standard InChI is InChI=1S/C30H50N4O5Si2/c1-21-19-33(28(36)34(26(21)35)27(31)32-18-22-15-13-12-14-16-22)25-17-23(39-41(10,11)30(5,6)7)24(38-25)20-37-40(8,9)29(2,3)4/h12-16,19,23-25H,17-18,20H2,1-11H3,(H2,31,32)/t23-,24+,25+/m0/s1. The molecule has 2 aromatic rings. The third kappa shape index (κ3) is 7.56. The lowest BCUT2D eigenvalue weighted by molar-refractivity contribution is -0.0414. The van der Waals surface area contributed by atoms with Gasteiger partial charge < -0.3 is 19.3 Å². The summed E-state index contributed by atoms with van der Waals surface area (Å²) in [6.07, 6.45) is 0.744. The lowest BCUT2D eigenvalue weighted by atomic mass is 10.2. The van der Waals surface area contributed by atoms with Crippen LogP contribution in [0, 0.1) is 6.92 Å². The number of nitrogens with two attached hydrogens (primary N) is 1. The Hall–Kier alpha value is -2.32. The molecule has 1 fully saturated rings. The van der Waals surface area contributed by atoms with Crippen LogP contribution < -0.4 is 17.0 Å². The maximum Gasteiger partial charge on any atom is 0.340 e. The summed E-state index contributed by atoms with van der Waals surface area (Å²) < 4.78 is 22.3. The Labute approximate surface area is 247 Å². The summed E-state index contributed by atoms with van der Waals surface area (Å²) in [5.74, 6) is -0.147. The Morgan fingerprint density at radius 1 is 1.02 bits per heavy atom. The van der Waals surface area contributed by atoms with Crippen LogP contribution in [0.4, 0.5) is 0 Å². The van der Waals surface area contributed by atoms with Crippen molar-refractivity contribution in [1.29, 1.82) is 0 Å². The topological polar surface area (TPSA) is 110 Å². The summed E-state index contributed by atoms with van der Waals surface area (Å²) in [5.41, 5.74) is 6.44. The minimum atomic E-state index is -2.16. The summed E-state index contributed by atoms with van der Waals surface area (Å²) in [6, 6.07) is 9.54. The molecule has 1 aromatic heterocycles. The van der Waals surface area contributed by atoms with E-state index in [9.17, 15) is 9.59 Å². The van der Waals surface area contributed by atoms with Crippen LogP contribution in [0.5, 0.6) is 0 Å². The molecule has 1 aromatic carbocycles. The largest absolute Gasteiger partial charge is 0.414 e. The molecule has 228 valence electrons. The summed E-state index contributed by atoms with van der Waals surface area (Å²) in [6.45, 7) is 24.4. The van der Waals surface area contributed by atoms with Crippen LogP contribution in [-0.4, -0.2) is 50.5 Å². The number of nitrogens with zero attached hydrogens (tertiary/aromatic N) is 3. The van der Waals surface area contributed by atoms with Crippen molar-refractivity contribution in [2.45, 2.75) is 116 Å². The minimum Gasteiger partial charge on any atom is -0.414 e. The number of aromatic nitrogens is 2. The molecule has 2 N–H and O–H groups in total. The van der Waals surface area contributed by atoms with Crippen molar-refractivity contribution in [1.82, 2.24) is 9.13 Å². The number of rotatable bonds is 8. The number of benzene rings is 1. The first-order valence-corrected chi connectivity index (χ1v) is 20.2. The van der Waals surface area contributed by atoms with Gasteiger partial charge in [-0.15, -0.1) is 0 Å². The van der Waals surface area contributed by atoms with Gasteiger partial charge in [0, 0.05) is 18.2 Å². The van der Waals surface area contributed by atoms with Crippen molar-refractivity contribution in [2.75, 3.05) is 6.61 Å². The number of hydrogen-bond acceptors (Lipinski definition) is 6. The SMILES string of the molecule is Cc1cn([C@H]2C[C@H](O[Si](C)(C)C(C)(C)C)[C@@H](CO[Si](C)(C)C(C)(C)C)O2)c(=O)n(C(N)=NCc2ccccc2)c1=O. The first-order chi connectivity index (χ1) is 18.7. The van der Waals surface area contributed by atoms with Crippen molar-refractivity contribution in [3.8, 4) is 0 Å². The van der Waals surface area contributed by atoms with Crippen molar-refractivity contribution in [3.05, 3.63) is 68.5 Å². The number of aliphatic imine (C=N–C) groups is 1. The zero-order valence-corrected chi connectivity index (χ0v) is 28.8. The maximum absolute atomic E-state index is 13.7. The van der Waals surface area contributed by atoms with Crippen LogP contribution in [-0.2, 0) is 20.1 Å². The highest BCUT2D eigenvalue weighted by molar-refractivity contribution is 6.74. The molecular formula is C30H50N4O5Si2. The molecular weight excluding hydrogens is 553 g/mol. The predicted octanol–water partition coefficient (Wildman–Crippen LogP) is 5.38. The molecule has 3 rings (SSSR count). The highest BCUT2D eigenvalue weighted by Gasteiger charge is 2.47. The molecule has 11 heteroatoms. The number of aryl methyl sites for hydroxylation is 1. The summed E-state index contributed by atoms with van der Waals surface area (Å²) in [7, 11) is -4.22. The fourth-order valence-electron chi connectivity index (χ4n) is 4.14. The number of ether oxygens (including phenoxy) is 1. The first-order valence-electron chi connectivity index (χ1n) is 14.4. The van der Waals surface area contributed by atoms with Crippen molar-refractivity contribution in [2.24, 2.45) is 10.7 Å². The van der Waals surface area contributed by atoms with Gasteiger partial charge in [0.05, 0.1) is 19.3 Å². The van der Waals surface area contributed by atoms with E-state index in [1.54, 1.807) is 13.1 Å². The van der Waals surface area contributed by atoms with E-state index in [2.05, 4.69) is 72.7 Å². The Kier molecular flexibility index (Phi) is 9.81. The third-order valence-electron chi connectivity index (χ3n) is 8.94. The Bertz CT molecular complexity index is 1350. The molecule has 0 amide bonds. The van der Waals surface area contributed by atoms with Crippen LogP contribution >= 0.6 is 0 Å². The van der Waals surface area contributed by atoms with E-state index in [1.807, 2.05) is 30.3 Å². The van der Waals surface area contributed by atoms with Crippen LogP contribution in [0.2, 0.25) is 36.3 Å². The number of hydrogen-bond donors (Lipinski definition) is 1. The zero-order chi connectivity index (χ0) is 31.0. The highest BCUT2D eigenvalue weighted by atomic mass is 28.4. The third-order valence-corrected chi connectivity index (χ3v) is 17.9. The molecule has 1 saturated heterocycles. The van der Waals surface area contributed by atoms with E-state index in [1.165, 1.54) is 4.57 Å². The molecule has 1 aliphatic rings. The van der Waals surface area contributed by atoms with Crippen LogP contribution in [0.1, 0.15) is 65.3 Å². The molecule has 2 heterocycles. The van der Waals surface area contributed by atoms with Gasteiger partial charge in [-0.05, 0) is 48.8 Å². The lowest BCUT2D eigenvalue weighted by Crippen LogP contribution is -2.48. The lowest BCUT2D eigenvalue weighted by Gasteiger charge is -2.40. The fraction of sp³-hybridized carbons (Fsp3) is 0.633. The second-order valence-corrected chi connectivity index (χ2v) is 23.7. The van der Waals surface area contributed by atoms with Gasteiger partial charge in [0.15, 0.2) is 16.6 Å². The predicted molar refractivity (Wildman–Crippen MR) is 171 cm³/mol. The zero-order valence-electron chi connectivity index (χ0n) is 26.8. The molecule has 0 radical (unpaired) electrons. The fourth-order valence-corrected chi connectivity index (χ4v) is 6.51. The van der Waals surface area contributed by atoms with Crippen molar-refractivity contribution >= 4 is 22.6 Å². The average Bonchev–Trinajstić information content (AvgIpc) is 3.24. The Morgan fingerprint density at radius 2 is 1.61 bits per heavy atom. The van der Waals surface area contributed by atoms with E-state index in [0.717, 1.165) is 10.1 Å². The highest BCUT2D eigenvalue weighted by Crippen LogP contribution is 2.42. The molecule has 0 saturated carbocycles. The second kappa shape index (κ2) is 12.1. The average molecular weight is 603 g/mol. The monoisotopic (exact) mass is 602 g/mol. The Morgan fingerprint density at radius 3 is 2.17 bits per heavy atom. The Balaban J connectivity index is 1.97. The van der Waals surface area contributed by atoms with E-state index < -0.39 is 34.1 Å². The summed E-state index contributed by atoms with van der Waals surface area (Å²) >= 11 is 0. The van der Waals surface area contributed by atoms with E-state index in [4.69, 9.17) is 19.3 Å². The van der Waals surface area contributed by atoms with E-state index in [0.29, 0.717) is 18.6 Å². The van der Waals surface area contributed by atoms with Gasteiger partial charge in [-0.3, -0.25) is 9.36 Å². The van der Waals surface area contributed by atoms with Gasteiger partial charge in [0.25, 0.3) is 5.56 Å². The normalized spacial score (nSPS) is 21.0. The van der Waals surface area contributed by atoms with Gasteiger partial charge in [-0.1, -0.05) is 71.9 Å². The molecule has 0 aliphatic carbocycles. The molecule has 9 nitrogen and oxygen atoms in total. The van der Waals surface area contributed by atoms with Crippen LogP contribution in [0.25, 0.3) is 0 Å². The van der Waals surface area contributed by atoms with E-state index in [-0.39, 0.29) is 34.8 Å². The van der Waals surface area contributed by atoms with Gasteiger partial charge in [-0.2, -0.15) is 4.57 Å². The first kappa shape index (κ1) is 33.2. The summed E-state index contributed by atoms with van der Waals surface area (Å²) in [5, 5.41) is 0.0429. The molecule has 0 bridgehead atoms. The van der Waals surface area contributed by atoms with Gasteiger partial charge in [-0.25, -0.2) is 9.79 Å². The molecule has 1 aliphatic heterocycles. The molecule has 3 atom stereocenters. The van der Waals surface area contributed by atoms with Gasteiger partial charge >= 0.3 is 5.69 Å². The second-order valence-electron chi connectivity index (χ2n) is 14.2. The van der Waals surface area contributed by atoms with Crippen LogP contribution in [0.3, 0.4) is 0 Å². The summed E-state index contributed by atoms with van der Waals surface area (Å²) in [4.78, 5) is 31.1. The molecule has 41 heavy (non-hydrogen) atoms. The van der Waals surface area contributed by atoms with E-state index >= 15 is 0 Å². The smallest absolute Gasteiger partial charge is 0.340 e. The minimum absolute atomic E-state index is 0.000244.